The molecule has 0 heterocycles. The smallest absolute Gasteiger partial charge is 0.308 e. The van der Waals surface area contributed by atoms with Crippen LogP contribution in [0.15, 0.2) is 42.5 Å². The highest BCUT2D eigenvalue weighted by atomic mass is 16.6. The molecule has 1 N–H and O–H groups in total. The molecule has 0 radical (unpaired) electrons. The fourth-order valence-electron chi connectivity index (χ4n) is 3.38. The number of amides is 1. The van der Waals surface area contributed by atoms with Crippen LogP contribution >= 0.6 is 0 Å². The molecular formula is C22H22N2O6. The molecule has 3 rings (SSSR count). The van der Waals surface area contributed by atoms with E-state index in [2.05, 4.69) is 5.32 Å². The van der Waals surface area contributed by atoms with Crippen LogP contribution in [0.3, 0.4) is 0 Å². The van der Waals surface area contributed by atoms with Crippen LogP contribution in [0.2, 0.25) is 0 Å². The Bertz CT molecular complexity index is 984. The number of ketones is 1. The van der Waals surface area contributed by atoms with Gasteiger partial charge in [-0.05, 0) is 55.5 Å². The fraction of sp³-hybridized carbons (Fsp3) is 0.318. The quantitative estimate of drug-likeness (QED) is 0.310. The molecule has 156 valence electrons. The topological polar surface area (TPSA) is 116 Å². The van der Waals surface area contributed by atoms with Gasteiger partial charge in [-0.15, -0.1) is 0 Å². The van der Waals surface area contributed by atoms with Crippen LogP contribution in [0.1, 0.15) is 51.6 Å². The number of rotatable bonds is 8. The van der Waals surface area contributed by atoms with E-state index in [1.807, 2.05) is 12.1 Å². The number of aryl methyl sites for hydroxylation is 2. The highest BCUT2D eigenvalue weighted by molar-refractivity contribution is 6.00. The lowest BCUT2D eigenvalue weighted by atomic mass is 10.0. The average Bonchev–Trinajstić information content (AvgIpc) is 3.21. The van der Waals surface area contributed by atoms with E-state index in [1.54, 1.807) is 6.07 Å². The first-order valence-electron chi connectivity index (χ1n) is 9.73. The van der Waals surface area contributed by atoms with Crippen molar-refractivity contribution in [2.24, 2.45) is 0 Å². The van der Waals surface area contributed by atoms with Gasteiger partial charge in [-0.3, -0.25) is 24.5 Å². The second-order valence-corrected chi connectivity index (χ2v) is 7.14. The number of nitrogens with zero attached hydrogens (tertiary/aromatic N) is 1. The predicted molar refractivity (Wildman–Crippen MR) is 108 cm³/mol. The molecule has 0 spiro atoms. The van der Waals surface area contributed by atoms with Gasteiger partial charge in [0.25, 0.3) is 11.6 Å². The van der Waals surface area contributed by atoms with E-state index in [4.69, 9.17) is 4.74 Å². The average molecular weight is 410 g/mol. The van der Waals surface area contributed by atoms with Crippen molar-refractivity contribution in [2.45, 2.75) is 38.7 Å². The zero-order valence-electron chi connectivity index (χ0n) is 16.6. The van der Waals surface area contributed by atoms with E-state index in [9.17, 15) is 24.5 Å². The molecule has 0 bridgehead atoms. The van der Waals surface area contributed by atoms with Crippen molar-refractivity contribution < 1.29 is 24.0 Å². The summed E-state index contributed by atoms with van der Waals surface area (Å²) in [5.41, 5.74) is 3.10. The number of fused-ring (bicyclic) bond motifs is 1. The summed E-state index contributed by atoms with van der Waals surface area (Å²) in [6, 6.07) is 10.7. The number of esters is 1. The summed E-state index contributed by atoms with van der Waals surface area (Å²) in [5, 5.41) is 13.2. The lowest BCUT2D eigenvalue weighted by Gasteiger charge is -2.13. The lowest BCUT2D eigenvalue weighted by Crippen LogP contribution is -2.29. The minimum absolute atomic E-state index is 0.0222. The third-order valence-corrected chi connectivity index (χ3v) is 5.02. The normalized spacial score (nSPS) is 13.2. The molecule has 1 aliphatic carbocycles. The van der Waals surface area contributed by atoms with Crippen molar-refractivity contribution in [3.05, 3.63) is 74.8 Å². The molecule has 0 saturated heterocycles. The van der Waals surface area contributed by atoms with E-state index in [-0.39, 0.29) is 30.0 Å². The van der Waals surface area contributed by atoms with Gasteiger partial charge < -0.3 is 10.1 Å². The van der Waals surface area contributed by atoms with Crippen LogP contribution in [-0.4, -0.2) is 35.2 Å². The molecular weight excluding hydrogens is 388 g/mol. The van der Waals surface area contributed by atoms with Gasteiger partial charge >= 0.3 is 5.97 Å². The first-order chi connectivity index (χ1) is 14.3. The SMILES string of the molecule is C[C@@H](OC(=O)CCNC(=O)c1ccc([N+](=O)[O-])cc1)C(=O)c1ccc2c(c1)CCC2. The first kappa shape index (κ1) is 21.2. The molecule has 8 heteroatoms. The van der Waals surface area contributed by atoms with Crippen molar-refractivity contribution in [2.75, 3.05) is 6.54 Å². The van der Waals surface area contributed by atoms with Gasteiger partial charge in [-0.1, -0.05) is 12.1 Å². The van der Waals surface area contributed by atoms with Crippen LogP contribution in [0.25, 0.3) is 0 Å². The van der Waals surface area contributed by atoms with Crippen molar-refractivity contribution in [3.63, 3.8) is 0 Å². The second-order valence-electron chi connectivity index (χ2n) is 7.14. The molecule has 0 aromatic heterocycles. The Morgan fingerprint density at radius 1 is 1.07 bits per heavy atom. The molecule has 1 amide bonds. The van der Waals surface area contributed by atoms with Crippen molar-refractivity contribution in [3.8, 4) is 0 Å². The van der Waals surface area contributed by atoms with Crippen LogP contribution in [0.5, 0.6) is 0 Å². The van der Waals surface area contributed by atoms with E-state index >= 15 is 0 Å². The Hall–Kier alpha value is -3.55. The number of nitro groups is 1. The van der Waals surface area contributed by atoms with Gasteiger partial charge in [0.15, 0.2) is 6.10 Å². The summed E-state index contributed by atoms with van der Waals surface area (Å²) in [4.78, 5) is 46.7. The number of benzene rings is 2. The fourth-order valence-corrected chi connectivity index (χ4v) is 3.38. The minimum Gasteiger partial charge on any atom is -0.454 e. The van der Waals surface area contributed by atoms with E-state index in [0.717, 1.165) is 19.3 Å². The van der Waals surface area contributed by atoms with Crippen LogP contribution in [-0.2, 0) is 22.4 Å². The number of hydrogen-bond acceptors (Lipinski definition) is 6. The monoisotopic (exact) mass is 410 g/mol. The van der Waals surface area contributed by atoms with E-state index in [0.29, 0.717) is 5.56 Å². The zero-order valence-corrected chi connectivity index (χ0v) is 16.6. The number of carbonyl (C=O) groups excluding carboxylic acids is 3. The molecule has 0 unspecified atom stereocenters. The van der Waals surface area contributed by atoms with Crippen LogP contribution in [0, 0.1) is 10.1 Å². The van der Waals surface area contributed by atoms with Crippen molar-refractivity contribution in [1.29, 1.82) is 0 Å². The summed E-state index contributed by atoms with van der Waals surface area (Å²) in [6.07, 6.45) is 2.06. The first-order valence-corrected chi connectivity index (χ1v) is 9.73. The third kappa shape index (κ3) is 5.08. The Kier molecular flexibility index (Phi) is 6.56. The Morgan fingerprint density at radius 2 is 1.73 bits per heavy atom. The molecule has 0 saturated carbocycles. The summed E-state index contributed by atoms with van der Waals surface area (Å²) >= 11 is 0. The van der Waals surface area contributed by atoms with Gasteiger partial charge in [0.1, 0.15) is 0 Å². The molecule has 1 aliphatic rings. The maximum absolute atomic E-state index is 12.5. The van der Waals surface area contributed by atoms with E-state index < -0.39 is 22.9 Å². The summed E-state index contributed by atoms with van der Waals surface area (Å²) in [5.74, 6) is -1.31. The molecule has 0 fully saturated rings. The molecule has 0 aliphatic heterocycles. The zero-order chi connectivity index (χ0) is 21.7. The number of nitro benzene ring substituents is 1. The standard InChI is InChI=1S/C22H22N2O6/c1-14(21(26)18-6-5-15-3-2-4-17(15)13-18)30-20(25)11-12-23-22(27)16-7-9-19(10-8-16)24(28)29/h5-10,13-14H,2-4,11-12H2,1H3,(H,23,27)/t14-/m1/s1. The highest BCUT2D eigenvalue weighted by Gasteiger charge is 2.21. The number of hydrogen-bond donors (Lipinski definition) is 1. The van der Waals surface area contributed by atoms with Crippen LogP contribution in [0.4, 0.5) is 5.69 Å². The maximum atomic E-state index is 12.5. The van der Waals surface area contributed by atoms with Crippen LogP contribution < -0.4 is 5.32 Å². The third-order valence-electron chi connectivity index (χ3n) is 5.02. The van der Waals surface area contributed by atoms with Gasteiger partial charge in [0.05, 0.1) is 11.3 Å². The van der Waals surface area contributed by atoms with Gasteiger partial charge in [-0.2, -0.15) is 0 Å². The van der Waals surface area contributed by atoms with Crippen molar-refractivity contribution in [1.82, 2.24) is 5.32 Å². The minimum atomic E-state index is -0.915. The van der Waals surface area contributed by atoms with Gasteiger partial charge in [-0.25, -0.2) is 0 Å². The number of carbonyl (C=O) groups is 3. The molecule has 8 nitrogen and oxygen atoms in total. The summed E-state index contributed by atoms with van der Waals surface area (Å²) in [6.45, 7) is 1.55. The van der Waals surface area contributed by atoms with E-state index in [1.165, 1.54) is 42.3 Å². The molecule has 30 heavy (non-hydrogen) atoms. The number of non-ortho nitro benzene ring substituents is 1. The number of ether oxygens (including phenoxy) is 1. The Labute approximate surface area is 173 Å². The molecule has 1 atom stereocenters. The van der Waals surface area contributed by atoms with Gasteiger partial charge in [0.2, 0.25) is 5.78 Å². The number of Topliss-reactive ketones (excluding diaryl/α,β-unsaturated/α-hetero) is 1. The maximum Gasteiger partial charge on any atom is 0.308 e. The second kappa shape index (κ2) is 9.30. The number of nitrogens with one attached hydrogen (secondary N) is 1. The Balaban J connectivity index is 1.45. The van der Waals surface area contributed by atoms with Gasteiger partial charge in [0, 0.05) is 29.8 Å². The predicted octanol–water partition coefficient (Wildman–Crippen LogP) is 3.02. The Morgan fingerprint density at radius 3 is 2.43 bits per heavy atom. The molecule has 2 aromatic carbocycles. The lowest BCUT2D eigenvalue weighted by molar-refractivity contribution is -0.384. The summed E-state index contributed by atoms with van der Waals surface area (Å²) < 4.78 is 5.20. The van der Waals surface area contributed by atoms with Crippen molar-refractivity contribution >= 4 is 23.3 Å². The largest absolute Gasteiger partial charge is 0.454 e. The summed E-state index contributed by atoms with van der Waals surface area (Å²) in [7, 11) is 0. The molecule has 2 aromatic rings. The highest BCUT2D eigenvalue weighted by Crippen LogP contribution is 2.23.